The molecule has 0 spiro atoms. The Balaban J connectivity index is 2.29. The predicted molar refractivity (Wildman–Crippen MR) is 75.2 cm³/mol. The molecule has 2 aromatic rings. The van der Waals surface area contributed by atoms with Crippen molar-refractivity contribution in [3.8, 4) is 5.75 Å². The minimum atomic E-state index is 0.312. The van der Waals surface area contributed by atoms with E-state index in [1.807, 2.05) is 18.2 Å². The lowest BCUT2D eigenvalue weighted by atomic mass is 10.1. The third kappa shape index (κ3) is 2.80. The van der Waals surface area contributed by atoms with E-state index in [9.17, 15) is 0 Å². The van der Waals surface area contributed by atoms with E-state index >= 15 is 0 Å². The number of halogens is 1. The first-order valence-corrected chi connectivity index (χ1v) is 6.03. The lowest BCUT2D eigenvalue weighted by Gasteiger charge is -2.09. The molecule has 0 aliphatic carbocycles. The number of hydrogen-bond donors (Lipinski definition) is 1. The first-order valence-electron chi connectivity index (χ1n) is 5.25. The molecular weight excluding hydrogens is 270 g/mol. The van der Waals surface area contributed by atoms with Crippen molar-refractivity contribution in [1.29, 1.82) is 0 Å². The molecule has 1 aromatic heterocycles. The molecule has 0 bridgehead atoms. The molecule has 94 valence electrons. The fraction of sp³-hybridized carbons (Fsp3) is 0.167. The van der Waals surface area contributed by atoms with Crippen LogP contribution in [-0.2, 0) is 6.54 Å². The second-order valence-electron chi connectivity index (χ2n) is 3.76. The summed E-state index contributed by atoms with van der Waals surface area (Å²) in [4.78, 5) is 0.312. The van der Waals surface area contributed by atoms with Crippen LogP contribution in [0, 0.1) is 0 Å². The molecule has 2 N–H and O–H groups in total. The minimum Gasteiger partial charge on any atom is -0.496 e. The van der Waals surface area contributed by atoms with Gasteiger partial charge in [0, 0.05) is 6.20 Å². The summed E-state index contributed by atoms with van der Waals surface area (Å²) in [7, 11) is 1.59. The summed E-state index contributed by atoms with van der Waals surface area (Å²) in [6, 6.07) is 5.68. The van der Waals surface area contributed by atoms with E-state index in [4.69, 9.17) is 34.3 Å². The van der Waals surface area contributed by atoms with Gasteiger partial charge in [0.1, 0.15) is 10.7 Å². The molecule has 0 amide bonds. The van der Waals surface area contributed by atoms with Gasteiger partial charge in [0.25, 0.3) is 0 Å². The quantitative estimate of drug-likeness (QED) is 0.873. The molecule has 1 aromatic carbocycles. The number of hydrogen-bond acceptors (Lipinski definition) is 3. The third-order valence-electron chi connectivity index (χ3n) is 2.48. The van der Waals surface area contributed by atoms with Crippen LogP contribution >= 0.6 is 23.8 Å². The van der Waals surface area contributed by atoms with Crippen LogP contribution in [0.4, 0.5) is 0 Å². The molecule has 6 heteroatoms. The van der Waals surface area contributed by atoms with Crippen LogP contribution in [0.15, 0.2) is 30.6 Å². The number of nitrogens with zero attached hydrogens (tertiary/aromatic N) is 2. The number of benzene rings is 1. The Bertz CT molecular complexity index is 582. The maximum atomic E-state index is 5.81. The number of rotatable bonds is 4. The lowest BCUT2D eigenvalue weighted by molar-refractivity contribution is 0.414. The van der Waals surface area contributed by atoms with E-state index in [-0.39, 0.29) is 0 Å². The molecule has 0 unspecified atom stereocenters. The van der Waals surface area contributed by atoms with Crippen LogP contribution in [0.25, 0.3) is 0 Å². The number of aromatic nitrogens is 2. The SMILES string of the molecule is COc1ccc(Cn2cc(Cl)cn2)cc1C(N)=S. The van der Waals surface area contributed by atoms with Gasteiger partial charge in [0.05, 0.1) is 30.4 Å². The first kappa shape index (κ1) is 12.9. The molecule has 0 aliphatic heterocycles. The second kappa shape index (κ2) is 5.37. The molecule has 0 radical (unpaired) electrons. The van der Waals surface area contributed by atoms with E-state index in [0.717, 1.165) is 11.1 Å². The highest BCUT2D eigenvalue weighted by Gasteiger charge is 2.07. The molecular formula is C12H12ClN3OS. The fourth-order valence-corrected chi connectivity index (χ4v) is 1.97. The standard InChI is InChI=1S/C12H12ClN3OS/c1-17-11-3-2-8(4-10(11)12(14)18)6-16-7-9(13)5-15-16/h2-5,7H,6H2,1H3,(H2,14,18). The average molecular weight is 282 g/mol. The molecule has 0 saturated carbocycles. The topological polar surface area (TPSA) is 53.1 Å². The maximum absolute atomic E-state index is 5.81. The van der Waals surface area contributed by atoms with Crippen molar-refractivity contribution >= 4 is 28.8 Å². The monoisotopic (exact) mass is 281 g/mol. The van der Waals surface area contributed by atoms with Crippen molar-refractivity contribution < 1.29 is 4.74 Å². The molecule has 2 rings (SSSR count). The summed E-state index contributed by atoms with van der Waals surface area (Å²) < 4.78 is 6.95. The van der Waals surface area contributed by atoms with E-state index in [2.05, 4.69) is 5.10 Å². The molecule has 4 nitrogen and oxygen atoms in total. The molecule has 0 saturated heterocycles. The fourth-order valence-electron chi connectivity index (χ4n) is 1.66. The van der Waals surface area contributed by atoms with E-state index in [0.29, 0.717) is 22.3 Å². The summed E-state index contributed by atoms with van der Waals surface area (Å²) in [6.45, 7) is 0.603. The highest BCUT2D eigenvalue weighted by molar-refractivity contribution is 7.80. The van der Waals surface area contributed by atoms with Crippen molar-refractivity contribution in [2.24, 2.45) is 5.73 Å². The normalized spacial score (nSPS) is 10.3. The van der Waals surface area contributed by atoms with Gasteiger partial charge in [0.2, 0.25) is 0 Å². The highest BCUT2D eigenvalue weighted by Crippen LogP contribution is 2.20. The molecule has 0 atom stereocenters. The Hall–Kier alpha value is -1.59. The lowest BCUT2D eigenvalue weighted by Crippen LogP contribution is -2.12. The molecule has 18 heavy (non-hydrogen) atoms. The zero-order chi connectivity index (χ0) is 13.1. The van der Waals surface area contributed by atoms with Crippen molar-refractivity contribution in [1.82, 2.24) is 9.78 Å². The van der Waals surface area contributed by atoms with Crippen LogP contribution in [0.3, 0.4) is 0 Å². The van der Waals surface area contributed by atoms with Gasteiger partial charge >= 0.3 is 0 Å². The van der Waals surface area contributed by atoms with Crippen molar-refractivity contribution in [3.05, 3.63) is 46.7 Å². The summed E-state index contributed by atoms with van der Waals surface area (Å²) >= 11 is 10.8. The van der Waals surface area contributed by atoms with Crippen LogP contribution in [0.2, 0.25) is 5.02 Å². The van der Waals surface area contributed by atoms with E-state index < -0.39 is 0 Å². The van der Waals surface area contributed by atoms with Crippen molar-refractivity contribution in [3.63, 3.8) is 0 Å². The number of nitrogens with two attached hydrogens (primary N) is 1. The highest BCUT2D eigenvalue weighted by atomic mass is 35.5. The Morgan fingerprint density at radius 1 is 1.56 bits per heavy atom. The summed E-state index contributed by atoms with van der Waals surface area (Å²) in [5.74, 6) is 0.671. The Labute approximate surface area is 115 Å². The minimum absolute atomic E-state index is 0.312. The zero-order valence-corrected chi connectivity index (χ0v) is 11.3. The summed E-state index contributed by atoms with van der Waals surface area (Å²) in [6.07, 6.45) is 3.35. The summed E-state index contributed by atoms with van der Waals surface area (Å²) in [5.41, 5.74) is 7.42. The van der Waals surface area contributed by atoms with E-state index in [1.54, 1.807) is 24.2 Å². The molecule has 1 heterocycles. The largest absolute Gasteiger partial charge is 0.496 e. The van der Waals surface area contributed by atoms with Gasteiger partial charge in [-0.1, -0.05) is 29.9 Å². The maximum Gasteiger partial charge on any atom is 0.129 e. The van der Waals surface area contributed by atoms with Gasteiger partial charge in [-0.25, -0.2) is 0 Å². The van der Waals surface area contributed by atoms with Gasteiger partial charge < -0.3 is 10.5 Å². The number of methoxy groups -OCH3 is 1. The van der Waals surface area contributed by atoms with E-state index in [1.165, 1.54) is 0 Å². The van der Waals surface area contributed by atoms with Crippen molar-refractivity contribution in [2.45, 2.75) is 6.54 Å². The van der Waals surface area contributed by atoms with Gasteiger partial charge in [-0.3, -0.25) is 4.68 Å². The number of thiocarbonyl (C=S) groups is 1. The average Bonchev–Trinajstić information content (AvgIpc) is 2.74. The Morgan fingerprint density at radius 2 is 2.33 bits per heavy atom. The molecule has 0 fully saturated rings. The molecule has 0 aliphatic rings. The van der Waals surface area contributed by atoms with Gasteiger partial charge in [-0.2, -0.15) is 5.10 Å². The second-order valence-corrected chi connectivity index (χ2v) is 4.63. The third-order valence-corrected chi connectivity index (χ3v) is 2.89. The Kier molecular flexibility index (Phi) is 3.84. The number of ether oxygens (including phenoxy) is 1. The van der Waals surface area contributed by atoms with Gasteiger partial charge in [-0.15, -0.1) is 0 Å². The first-order chi connectivity index (χ1) is 8.60. The summed E-state index contributed by atoms with van der Waals surface area (Å²) in [5, 5.41) is 4.73. The van der Waals surface area contributed by atoms with Crippen LogP contribution in [-0.4, -0.2) is 21.9 Å². The van der Waals surface area contributed by atoms with Crippen LogP contribution in [0.1, 0.15) is 11.1 Å². The smallest absolute Gasteiger partial charge is 0.129 e. The van der Waals surface area contributed by atoms with Gasteiger partial charge in [0.15, 0.2) is 0 Å². The Morgan fingerprint density at radius 3 is 2.89 bits per heavy atom. The van der Waals surface area contributed by atoms with Crippen LogP contribution in [0.5, 0.6) is 5.75 Å². The van der Waals surface area contributed by atoms with Gasteiger partial charge in [-0.05, 0) is 17.7 Å². The van der Waals surface area contributed by atoms with Crippen molar-refractivity contribution in [2.75, 3.05) is 7.11 Å². The predicted octanol–water partition coefficient (Wildman–Crippen LogP) is 2.23. The zero-order valence-electron chi connectivity index (χ0n) is 9.76. The van der Waals surface area contributed by atoms with Crippen LogP contribution < -0.4 is 10.5 Å².